The fraction of sp³-hybridized carbons (Fsp3) is 0. The third kappa shape index (κ3) is 1.35. The largest absolute Gasteiger partial charge is 0.394 e. The Balaban J connectivity index is 2.96. The first kappa shape index (κ1) is 9.29. The van der Waals surface area contributed by atoms with Crippen molar-refractivity contribution in [3.63, 3.8) is 0 Å². The Morgan fingerprint density at radius 1 is 1.46 bits per heavy atom. The highest BCUT2D eigenvalue weighted by molar-refractivity contribution is 14.1. The molecule has 2 rings (SSSR count). The van der Waals surface area contributed by atoms with E-state index < -0.39 is 0 Å². The van der Waals surface area contributed by atoms with Crippen molar-refractivity contribution >= 4 is 57.1 Å². The van der Waals surface area contributed by atoms with Gasteiger partial charge < -0.3 is 5.73 Å². The van der Waals surface area contributed by atoms with Crippen molar-refractivity contribution in [2.45, 2.75) is 0 Å². The Hall–Kier alpha value is -0.270. The SMILES string of the molecule is Nc1c(Cl)c(Cl)nn2c(I)cnc12. The number of hydrogen-bond donors (Lipinski definition) is 1. The van der Waals surface area contributed by atoms with Crippen molar-refractivity contribution in [1.29, 1.82) is 0 Å². The van der Waals surface area contributed by atoms with Gasteiger partial charge in [-0.3, -0.25) is 0 Å². The summed E-state index contributed by atoms with van der Waals surface area (Å²) in [4.78, 5) is 4.04. The van der Waals surface area contributed by atoms with E-state index in [-0.39, 0.29) is 10.2 Å². The van der Waals surface area contributed by atoms with Crippen molar-refractivity contribution in [1.82, 2.24) is 14.6 Å². The van der Waals surface area contributed by atoms with Gasteiger partial charge in [-0.05, 0) is 22.6 Å². The van der Waals surface area contributed by atoms with Crippen molar-refractivity contribution in [3.05, 3.63) is 20.1 Å². The summed E-state index contributed by atoms with van der Waals surface area (Å²) in [6.45, 7) is 0. The first-order valence-corrected chi connectivity index (χ1v) is 5.08. The first-order chi connectivity index (χ1) is 6.11. The molecule has 0 aliphatic carbocycles. The van der Waals surface area contributed by atoms with Crippen LogP contribution in [0.4, 0.5) is 5.69 Å². The Kier molecular flexibility index (Phi) is 2.25. The summed E-state index contributed by atoms with van der Waals surface area (Å²) >= 11 is 13.6. The summed E-state index contributed by atoms with van der Waals surface area (Å²) in [7, 11) is 0. The Bertz CT molecular complexity index is 481. The first-order valence-electron chi connectivity index (χ1n) is 3.25. The zero-order valence-electron chi connectivity index (χ0n) is 6.13. The fourth-order valence-electron chi connectivity index (χ4n) is 0.945. The Labute approximate surface area is 97.2 Å². The number of imidazole rings is 1. The van der Waals surface area contributed by atoms with Gasteiger partial charge in [-0.15, -0.1) is 0 Å². The number of fused-ring (bicyclic) bond motifs is 1. The van der Waals surface area contributed by atoms with Crippen molar-refractivity contribution < 1.29 is 0 Å². The Morgan fingerprint density at radius 2 is 2.15 bits per heavy atom. The predicted octanol–water partition coefficient (Wildman–Crippen LogP) is 2.22. The molecule has 13 heavy (non-hydrogen) atoms. The van der Waals surface area contributed by atoms with Gasteiger partial charge >= 0.3 is 0 Å². The van der Waals surface area contributed by atoms with Crippen LogP contribution >= 0.6 is 45.8 Å². The van der Waals surface area contributed by atoms with Crippen LogP contribution in [0.15, 0.2) is 6.20 Å². The van der Waals surface area contributed by atoms with Gasteiger partial charge in [0.25, 0.3) is 0 Å². The standard InChI is InChI=1S/C6H3Cl2IN4/c7-3-4(10)6-11-1-2(9)13(6)12-5(3)8/h1H,10H2. The minimum Gasteiger partial charge on any atom is -0.394 e. The molecule has 7 heteroatoms. The number of aromatic nitrogens is 3. The molecule has 0 aromatic carbocycles. The van der Waals surface area contributed by atoms with Crippen LogP contribution in [0.3, 0.4) is 0 Å². The van der Waals surface area contributed by atoms with Crippen LogP contribution in [0.2, 0.25) is 10.2 Å². The number of halogens is 3. The lowest BCUT2D eigenvalue weighted by Gasteiger charge is -2.01. The molecule has 0 bridgehead atoms. The monoisotopic (exact) mass is 328 g/mol. The molecule has 2 aromatic rings. The number of nitrogens with zero attached hydrogens (tertiary/aromatic N) is 3. The van der Waals surface area contributed by atoms with Gasteiger partial charge in [0.1, 0.15) is 8.72 Å². The maximum absolute atomic E-state index is 5.79. The third-order valence-electron chi connectivity index (χ3n) is 1.54. The highest BCUT2D eigenvalue weighted by atomic mass is 127. The van der Waals surface area contributed by atoms with Gasteiger partial charge in [-0.25, -0.2) is 9.50 Å². The third-order valence-corrected chi connectivity index (χ3v) is 3.02. The van der Waals surface area contributed by atoms with Gasteiger partial charge in [-0.2, -0.15) is 5.10 Å². The maximum Gasteiger partial charge on any atom is 0.179 e. The molecule has 0 unspecified atom stereocenters. The van der Waals surface area contributed by atoms with Crippen LogP contribution in [0.5, 0.6) is 0 Å². The summed E-state index contributed by atoms with van der Waals surface area (Å²) < 4.78 is 2.38. The van der Waals surface area contributed by atoms with E-state index in [4.69, 9.17) is 28.9 Å². The minimum absolute atomic E-state index is 0.183. The van der Waals surface area contributed by atoms with E-state index in [2.05, 4.69) is 32.7 Å². The molecule has 0 amide bonds. The van der Waals surface area contributed by atoms with Crippen molar-refractivity contribution in [2.75, 3.05) is 5.73 Å². The van der Waals surface area contributed by atoms with Gasteiger partial charge in [0, 0.05) is 0 Å². The molecule has 68 valence electrons. The van der Waals surface area contributed by atoms with E-state index in [1.165, 1.54) is 0 Å². The Morgan fingerprint density at radius 3 is 2.85 bits per heavy atom. The molecular formula is C6H3Cl2IN4. The lowest BCUT2D eigenvalue weighted by atomic mass is 10.5. The molecule has 2 heterocycles. The van der Waals surface area contributed by atoms with Crippen LogP contribution in [-0.4, -0.2) is 14.6 Å². The van der Waals surface area contributed by atoms with Crippen LogP contribution < -0.4 is 5.73 Å². The molecule has 0 saturated carbocycles. The molecule has 0 aliphatic heterocycles. The number of anilines is 1. The molecule has 4 nitrogen and oxygen atoms in total. The smallest absolute Gasteiger partial charge is 0.179 e. The summed E-state index contributed by atoms with van der Waals surface area (Å²) in [5.74, 6) is 0. The molecule has 0 aliphatic rings. The molecular weight excluding hydrogens is 326 g/mol. The summed E-state index contributed by atoms with van der Waals surface area (Å²) in [6, 6.07) is 0. The predicted molar refractivity (Wildman–Crippen MR) is 60.1 cm³/mol. The van der Waals surface area contributed by atoms with E-state index >= 15 is 0 Å². The second kappa shape index (κ2) is 3.14. The van der Waals surface area contributed by atoms with E-state index in [0.29, 0.717) is 11.3 Å². The molecule has 2 N–H and O–H groups in total. The zero-order valence-corrected chi connectivity index (χ0v) is 9.80. The van der Waals surface area contributed by atoms with Crippen molar-refractivity contribution in [2.24, 2.45) is 0 Å². The fourth-order valence-corrected chi connectivity index (χ4v) is 1.72. The molecule has 0 fully saturated rings. The molecule has 0 saturated heterocycles. The number of nitrogen functional groups attached to an aromatic ring is 1. The number of nitrogens with two attached hydrogens (primary N) is 1. The van der Waals surface area contributed by atoms with Gasteiger partial charge in [-0.1, -0.05) is 23.2 Å². The zero-order chi connectivity index (χ0) is 9.59. The van der Waals surface area contributed by atoms with Crippen LogP contribution in [0, 0.1) is 3.70 Å². The van der Waals surface area contributed by atoms with Gasteiger partial charge in [0.15, 0.2) is 10.8 Å². The lowest BCUT2D eigenvalue weighted by molar-refractivity contribution is 0.916. The normalized spacial score (nSPS) is 11.0. The van der Waals surface area contributed by atoms with E-state index in [0.717, 1.165) is 3.70 Å². The highest BCUT2D eigenvalue weighted by Crippen LogP contribution is 2.29. The van der Waals surface area contributed by atoms with Gasteiger partial charge in [0.05, 0.1) is 11.9 Å². The summed E-state index contributed by atoms with van der Waals surface area (Å²) in [5, 5.41) is 4.43. The van der Waals surface area contributed by atoms with Gasteiger partial charge in [0.2, 0.25) is 0 Å². The molecule has 0 radical (unpaired) electrons. The summed E-state index contributed by atoms with van der Waals surface area (Å²) in [5.41, 5.74) is 6.57. The van der Waals surface area contributed by atoms with E-state index in [1.807, 2.05) is 0 Å². The van der Waals surface area contributed by atoms with E-state index in [9.17, 15) is 0 Å². The average Bonchev–Trinajstić information content (AvgIpc) is 2.45. The molecule has 0 atom stereocenters. The number of rotatable bonds is 0. The molecule has 0 spiro atoms. The van der Waals surface area contributed by atoms with Crippen LogP contribution in [0.25, 0.3) is 5.65 Å². The lowest BCUT2D eigenvalue weighted by Crippen LogP contribution is -2.00. The highest BCUT2D eigenvalue weighted by Gasteiger charge is 2.12. The minimum atomic E-state index is 0.183. The van der Waals surface area contributed by atoms with E-state index in [1.54, 1.807) is 10.7 Å². The average molecular weight is 329 g/mol. The maximum atomic E-state index is 5.79. The second-order valence-corrected chi connectivity index (χ2v) is 4.18. The quantitative estimate of drug-likeness (QED) is 0.754. The number of hydrogen-bond acceptors (Lipinski definition) is 3. The topological polar surface area (TPSA) is 56.2 Å². The van der Waals surface area contributed by atoms with Crippen LogP contribution in [0.1, 0.15) is 0 Å². The molecule has 2 aromatic heterocycles. The second-order valence-electron chi connectivity index (χ2n) is 2.33. The van der Waals surface area contributed by atoms with Crippen molar-refractivity contribution in [3.8, 4) is 0 Å². The van der Waals surface area contributed by atoms with Crippen LogP contribution in [-0.2, 0) is 0 Å². The summed E-state index contributed by atoms with van der Waals surface area (Å²) in [6.07, 6.45) is 1.64.